The molecule has 0 spiro atoms. The largest absolute Gasteiger partial charge is 0.435 e. The summed E-state index contributed by atoms with van der Waals surface area (Å²) in [5.41, 5.74) is 5.33. The van der Waals surface area contributed by atoms with Gasteiger partial charge in [0.15, 0.2) is 5.69 Å². The van der Waals surface area contributed by atoms with Crippen molar-refractivity contribution >= 4 is 0 Å². The molecule has 0 bridgehead atoms. The molecular weight excluding hydrogens is 207 g/mol. The van der Waals surface area contributed by atoms with Crippen LogP contribution in [0, 0.1) is 0 Å². The summed E-state index contributed by atoms with van der Waals surface area (Å²) in [6, 6.07) is 1.05. The van der Waals surface area contributed by atoms with Crippen LogP contribution in [0.25, 0.3) is 0 Å². The van der Waals surface area contributed by atoms with Gasteiger partial charge in [0.05, 0.1) is 0 Å². The Hall–Kier alpha value is -1.04. The van der Waals surface area contributed by atoms with E-state index < -0.39 is 11.9 Å². The van der Waals surface area contributed by atoms with Gasteiger partial charge in [0.25, 0.3) is 0 Å². The maximum Gasteiger partial charge on any atom is 0.435 e. The van der Waals surface area contributed by atoms with Crippen molar-refractivity contribution in [1.29, 1.82) is 0 Å². The van der Waals surface area contributed by atoms with Crippen LogP contribution in [0.2, 0.25) is 0 Å². The maximum absolute atomic E-state index is 12.2. The van der Waals surface area contributed by atoms with E-state index in [4.69, 9.17) is 5.73 Å². The van der Waals surface area contributed by atoms with Crippen LogP contribution in [0.5, 0.6) is 0 Å². The Balaban J connectivity index is 1.95. The van der Waals surface area contributed by atoms with E-state index in [1.165, 1.54) is 0 Å². The number of aromatic amines is 1. The molecule has 0 saturated heterocycles. The van der Waals surface area contributed by atoms with Crippen LogP contribution in [0.3, 0.4) is 0 Å². The number of nitrogens with zero attached hydrogens (tertiary/aromatic N) is 1. The lowest BCUT2D eigenvalue weighted by Gasteiger charge is -2.05. The van der Waals surface area contributed by atoms with E-state index in [9.17, 15) is 13.2 Å². The summed E-state index contributed by atoms with van der Waals surface area (Å²) in [5, 5.41) is 5.60. The third kappa shape index (κ3) is 2.50. The van der Waals surface area contributed by atoms with Gasteiger partial charge in [-0.05, 0) is 31.7 Å². The summed E-state index contributed by atoms with van der Waals surface area (Å²) in [6.45, 7) is 0. The van der Waals surface area contributed by atoms with Gasteiger partial charge in [-0.15, -0.1) is 0 Å². The van der Waals surface area contributed by atoms with Crippen molar-refractivity contribution in [3.05, 3.63) is 17.5 Å². The molecule has 0 unspecified atom stereocenters. The number of hydrogen-bond acceptors (Lipinski definition) is 2. The second-order valence-corrected chi connectivity index (χ2v) is 4.14. The zero-order valence-corrected chi connectivity index (χ0v) is 8.06. The highest BCUT2D eigenvalue weighted by Crippen LogP contribution is 2.36. The van der Waals surface area contributed by atoms with Crippen molar-refractivity contribution in [3.8, 4) is 0 Å². The smallest absolute Gasteiger partial charge is 0.325 e. The molecule has 84 valence electrons. The van der Waals surface area contributed by atoms with Crippen LogP contribution >= 0.6 is 0 Å². The van der Waals surface area contributed by atoms with Gasteiger partial charge >= 0.3 is 6.18 Å². The first-order valence-corrected chi connectivity index (χ1v) is 4.79. The van der Waals surface area contributed by atoms with Crippen molar-refractivity contribution in [1.82, 2.24) is 10.2 Å². The number of aryl methyl sites for hydroxylation is 1. The first-order chi connectivity index (χ1) is 6.89. The highest BCUT2D eigenvalue weighted by Gasteiger charge is 2.38. The Labute approximate surface area is 84.8 Å². The van der Waals surface area contributed by atoms with Gasteiger partial charge in [-0.3, -0.25) is 5.10 Å². The summed E-state index contributed by atoms with van der Waals surface area (Å²) in [7, 11) is 0. The van der Waals surface area contributed by atoms with Gasteiger partial charge in [0.2, 0.25) is 0 Å². The van der Waals surface area contributed by atoms with Crippen molar-refractivity contribution in [2.24, 2.45) is 5.73 Å². The fourth-order valence-electron chi connectivity index (χ4n) is 1.43. The zero-order valence-electron chi connectivity index (χ0n) is 8.06. The van der Waals surface area contributed by atoms with Crippen LogP contribution in [0.4, 0.5) is 13.2 Å². The van der Waals surface area contributed by atoms with Crippen LogP contribution in [0.15, 0.2) is 6.07 Å². The molecule has 1 aliphatic carbocycles. The minimum atomic E-state index is -4.37. The molecule has 0 amide bonds. The van der Waals surface area contributed by atoms with Gasteiger partial charge in [0, 0.05) is 11.2 Å². The minimum absolute atomic E-state index is 0.135. The van der Waals surface area contributed by atoms with Gasteiger partial charge in [0.1, 0.15) is 0 Å². The lowest BCUT2D eigenvalue weighted by Crippen LogP contribution is -2.22. The second-order valence-electron chi connectivity index (χ2n) is 4.14. The molecule has 1 saturated carbocycles. The van der Waals surface area contributed by atoms with Crippen molar-refractivity contribution < 1.29 is 13.2 Å². The van der Waals surface area contributed by atoms with E-state index in [1.54, 1.807) is 0 Å². The van der Waals surface area contributed by atoms with Crippen molar-refractivity contribution in [2.75, 3.05) is 0 Å². The molecule has 1 aliphatic rings. The van der Waals surface area contributed by atoms with Crippen LogP contribution < -0.4 is 5.73 Å². The molecule has 1 heterocycles. The molecular formula is C9H12F3N3. The van der Waals surface area contributed by atoms with E-state index in [0.29, 0.717) is 18.5 Å². The monoisotopic (exact) mass is 219 g/mol. The molecule has 15 heavy (non-hydrogen) atoms. The number of nitrogens with one attached hydrogen (secondary N) is 1. The summed E-state index contributed by atoms with van der Waals surface area (Å²) < 4.78 is 36.5. The molecule has 1 fully saturated rings. The van der Waals surface area contributed by atoms with E-state index in [2.05, 4.69) is 10.2 Å². The Kier molecular flexibility index (Phi) is 2.26. The molecule has 0 radical (unpaired) electrons. The van der Waals surface area contributed by atoms with Crippen LogP contribution in [-0.4, -0.2) is 15.7 Å². The number of H-pyrrole nitrogens is 1. The number of nitrogens with two attached hydrogens (primary N) is 1. The average molecular weight is 219 g/mol. The van der Waals surface area contributed by atoms with Gasteiger partial charge in [-0.1, -0.05) is 0 Å². The highest BCUT2D eigenvalue weighted by molar-refractivity contribution is 5.13. The third-order valence-electron chi connectivity index (χ3n) is 2.71. The number of hydrogen-bond donors (Lipinski definition) is 2. The van der Waals surface area contributed by atoms with Crippen LogP contribution in [-0.2, 0) is 12.6 Å². The highest BCUT2D eigenvalue weighted by atomic mass is 19.4. The van der Waals surface area contributed by atoms with E-state index in [-0.39, 0.29) is 5.54 Å². The first-order valence-electron chi connectivity index (χ1n) is 4.79. The van der Waals surface area contributed by atoms with Crippen molar-refractivity contribution in [2.45, 2.75) is 37.4 Å². The molecule has 3 N–H and O–H groups in total. The number of rotatable bonds is 3. The lowest BCUT2D eigenvalue weighted by molar-refractivity contribution is -0.141. The van der Waals surface area contributed by atoms with Crippen LogP contribution in [0.1, 0.15) is 30.7 Å². The summed E-state index contributed by atoms with van der Waals surface area (Å²) >= 11 is 0. The van der Waals surface area contributed by atoms with E-state index in [1.807, 2.05) is 0 Å². The van der Waals surface area contributed by atoms with Gasteiger partial charge < -0.3 is 5.73 Å². The molecule has 0 atom stereocenters. The molecule has 6 heteroatoms. The average Bonchev–Trinajstić information content (AvgIpc) is 2.66. The van der Waals surface area contributed by atoms with Crippen molar-refractivity contribution in [3.63, 3.8) is 0 Å². The first kappa shape index (κ1) is 10.5. The predicted octanol–water partition coefficient (Wildman–Crippen LogP) is 1.85. The van der Waals surface area contributed by atoms with E-state index >= 15 is 0 Å². The fourth-order valence-corrected chi connectivity index (χ4v) is 1.43. The number of alkyl halides is 3. The summed E-state index contributed by atoms with van der Waals surface area (Å²) in [5.74, 6) is 0. The van der Waals surface area contributed by atoms with E-state index in [0.717, 1.165) is 18.9 Å². The molecule has 1 aromatic heterocycles. The summed E-state index contributed by atoms with van der Waals surface area (Å²) in [4.78, 5) is 0. The SMILES string of the molecule is NC1(CCc2cc(C(F)(F)F)n[nH]2)CC1. The third-order valence-corrected chi connectivity index (χ3v) is 2.71. The van der Waals surface area contributed by atoms with Gasteiger partial charge in [-0.25, -0.2) is 0 Å². The predicted molar refractivity (Wildman–Crippen MR) is 48.1 cm³/mol. The number of aromatic nitrogens is 2. The Bertz CT molecular complexity index is 352. The lowest BCUT2D eigenvalue weighted by atomic mass is 10.1. The number of halogens is 3. The normalized spacial score (nSPS) is 19.2. The topological polar surface area (TPSA) is 54.7 Å². The Morgan fingerprint density at radius 1 is 1.47 bits per heavy atom. The van der Waals surface area contributed by atoms with Gasteiger partial charge in [-0.2, -0.15) is 18.3 Å². The zero-order chi connectivity index (χ0) is 11.1. The molecule has 3 nitrogen and oxygen atoms in total. The molecule has 0 aliphatic heterocycles. The Morgan fingerprint density at radius 3 is 2.60 bits per heavy atom. The Morgan fingerprint density at radius 2 is 2.13 bits per heavy atom. The quantitative estimate of drug-likeness (QED) is 0.815. The fraction of sp³-hybridized carbons (Fsp3) is 0.667. The molecule has 2 rings (SSSR count). The summed E-state index contributed by atoms with van der Waals surface area (Å²) in [6.07, 6.45) is -1.19. The standard InChI is InChI=1S/C9H12F3N3/c10-9(11,12)7-5-6(14-15-7)1-2-8(13)3-4-8/h5H,1-4,13H2,(H,14,15). The molecule has 0 aromatic carbocycles. The second kappa shape index (κ2) is 3.23. The maximum atomic E-state index is 12.2. The molecule has 1 aromatic rings. The minimum Gasteiger partial charge on any atom is -0.325 e.